The normalized spacial score (nSPS) is 18.0. The van der Waals surface area contributed by atoms with E-state index in [1.165, 1.54) is 0 Å². The monoisotopic (exact) mass is 293 g/mol. The molecule has 3 nitrogen and oxygen atoms in total. The van der Waals surface area contributed by atoms with Gasteiger partial charge >= 0.3 is 0 Å². The molecule has 21 heavy (non-hydrogen) atoms. The lowest BCUT2D eigenvalue weighted by Crippen LogP contribution is -2.40. The Hall–Kier alpha value is -1.67. The van der Waals surface area contributed by atoms with Crippen molar-refractivity contribution in [3.63, 3.8) is 0 Å². The van der Waals surface area contributed by atoms with Gasteiger partial charge in [-0.2, -0.15) is 5.26 Å². The van der Waals surface area contributed by atoms with Gasteiger partial charge in [-0.05, 0) is 37.4 Å². The molecule has 5 heteroatoms. The fourth-order valence-electron chi connectivity index (χ4n) is 2.81. The van der Waals surface area contributed by atoms with E-state index in [4.69, 9.17) is 5.26 Å². The van der Waals surface area contributed by atoms with Crippen molar-refractivity contribution in [2.75, 3.05) is 24.5 Å². The second-order valence-electron chi connectivity index (χ2n) is 5.99. The van der Waals surface area contributed by atoms with Crippen LogP contribution >= 0.6 is 0 Å². The molecule has 1 aliphatic heterocycles. The quantitative estimate of drug-likeness (QED) is 0.907. The van der Waals surface area contributed by atoms with Crippen molar-refractivity contribution in [1.82, 2.24) is 5.32 Å². The molecule has 0 aliphatic carbocycles. The lowest BCUT2D eigenvalue weighted by Gasteiger charge is -2.30. The number of hydrogen-bond acceptors (Lipinski definition) is 3. The van der Waals surface area contributed by atoms with Crippen LogP contribution in [-0.2, 0) is 0 Å². The Morgan fingerprint density at radius 2 is 2.05 bits per heavy atom. The number of rotatable bonds is 5. The molecule has 1 fully saturated rings. The summed E-state index contributed by atoms with van der Waals surface area (Å²) in [5, 5.41) is 12.1. The highest BCUT2D eigenvalue weighted by atomic mass is 19.1. The minimum absolute atomic E-state index is 0.0113. The van der Waals surface area contributed by atoms with E-state index >= 15 is 0 Å². The molecule has 0 radical (unpaired) electrons. The van der Waals surface area contributed by atoms with Gasteiger partial charge in [0.1, 0.15) is 5.69 Å². The standard InChI is InChI=1S/C16H21F2N3/c1-11(2)9-21(10-13-4-3-5-20-13)16-14(17)6-12(8-19)7-15(16)18/h6-7,11,13,20H,3-5,9-10H2,1-2H3. The summed E-state index contributed by atoms with van der Waals surface area (Å²) in [6.45, 7) is 6.16. The Bertz CT molecular complexity index is 508. The highest BCUT2D eigenvalue weighted by Gasteiger charge is 2.23. The second-order valence-corrected chi connectivity index (χ2v) is 5.99. The van der Waals surface area contributed by atoms with Crippen molar-refractivity contribution in [3.05, 3.63) is 29.3 Å². The van der Waals surface area contributed by atoms with Gasteiger partial charge in [0, 0.05) is 19.1 Å². The predicted octanol–water partition coefficient (Wildman–Crippen LogP) is 3.05. The minimum atomic E-state index is -0.662. The van der Waals surface area contributed by atoms with Crippen molar-refractivity contribution in [3.8, 4) is 6.07 Å². The van der Waals surface area contributed by atoms with E-state index in [9.17, 15) is 8.78 Å². The zero-order valence-corrected chi connectivity index (χ0v) is 12.5. The Kier molecular flexibility index (Phi) is 5.13. The van der Waals surface area contributed by atoms with E-state index in [0.717, 1.165) is 31.5 Å². The van der Waals surface area contributed by atoms with E-state index in [0.29, 0.717) is 19.0 Å². The van der Waals surface area contributed by atoms with Crippen molar-refractivity contribution in [2.24, 2.45) is 5.92 Å². The van der Waals surface area contributed by atoms with E-state index in [-0.39, 0.29) is 17.3 Å². The second kappa shape index (κ2) is 6.86. The molecule has 1 aromatic rings. The molecule has 0 bridgehead atoms. The first-order chi connectivity index (χ1) is 10.0. The molecule has 0 amide bonds. The summed E-state index contributed by atoms with van der Waals surface area (Å²) in [6.07, 6.45) is 2.12. The first kappa shape index (κ1) is 15.7. The van der Waals surface area contributed by atoms with Crippen molar-refractivity contribution < 1.29 is 8.78 Å². The van der Waals surface area contributed by atoms with Crippen LogP contribution in [0.2, 0.25) is 0 Å². The van der Waals surface area contributed by atoms with Gasteiger partial charge in [-0.15, -0.1) is 0 Å². The third-order valence-corrected chi connectivity index (χ3v) is 3.65. The molecule has 114 valence electrons. The van der Waals surface area contributed by atoms with Gasteiger partial charge in [-0.1, -0.05) is 13.8 Å². The fraction of sp³-hybridized carbons (Fsp3) is 0.562. The van der Waals surface area contributed by atoms with Crippen LogP contribution in [0.3, 0.4) is 0 Å². The maximum absolute atomic E-state index is 14.2. The van der Waals surface area contributed by atoms with Crippen LogP contribution in [0.1, 0.15) is 32.3 Å². The molecule has 0 saturated carbocycles. The average Bonchev–Trinajstić information content (AvgIpc) is 2.89. The first-order valence-corrected chi connectivity index (χ1v) is 7.38. The molecular formula is C16H21F2N3. The maximum atomic E-state index is 14.2. The molecule has 1 saturated heterocycles. The Morgan fingerprint density at radius 1 is 1.38 bits per heavy atom. The smallest absolute Gasteiger partial charge is 0.150 e. The van der Waals surface area contributed by atoms with Crippen LogP contribution in [0, 0.1) is 28.9 Å². The zero-order chi connectivity index (χ0) is 15.4. The number of hydrogen-bond donors (Lipinski definition) is 1. The van der Waals surface area contributed by atoms with Gasteiger partial charge in [0.05, 0.1) is 11.6 Å². The molecule has 1 atom stereocenters. The molecule has 1 N–H and O–H groups in total. The summed E-state index contributed by atoms with van der Waals surface area (Å²) in [5.74, 6) is -1.03. The van der Waals surface area contributed by atoms with Gasteiger partial charge in [0.25, 0.3) is 0 Å². The summed E-state index contributed by atoms with van der Waals surface area (Å²) >= 11 is 0. The largest absolute Gasteiger partial charge is 0.365 e. The number of nitrogens with one attached hydrogen (secondary N) is 1. The average molecular weight is 293 g/mol. The number of halogens is 2. The Balaban J connectivity index is 2.29. The number of nitrogens with zero attached hydrogens (tertiary/aromatic N) is 2. The van der Waals surface area contributed by atoms with E-state index in [2.05, 4.69) is 5.32 Å². The third kappa shape index (κ3) is 3.92. The Labute approximate surface area is 124 Å². The number of benzene rings is 1. The van der Waals surface area contributed by atoms with Gasteiger partial charge in [0.15, 0.2) is 11.6 Å². The molecular weight excluding hydrogens is 272 g/mol. The lowest BCUT2D eigenvalue weighted by atomic mass is 10.1. The van der Waals surface area contributed by atoms with Crippen LogP contribution in [0.5, 0.6) is 0 Å². The highest BCUT2D eigenvalue weighted by molar-refractivity contribution is 5.53. The fourth-order valence-corrected chi connectivity index (χ4v) is 2.81. The number of nitriles is 1. The summed E-state index contributed by atoms with van der Waals surface area (Å²) in [4.78, 5) is 1.76. The summed E-state index contributed by atoms with van der Waals surface area (Å²) in [6, 6.07) is 4.25. The molecule has 0 spiro atoms. The number of anilines is 1. The zero-order valence-electron chi connectivity index (χ0n) is 12.5. The maximum Gasteiger partial charge on any atom is 0.150 e. The SMILES string of the molecule is CC(C)CN(CC1CCCN1)c1c(F)cc(C#N)cc1F. The van der Waals surface area contributed by atoms with Crippen LogP contribution < -0.4 is 10.2 Å². The molecule has 1 unspecified atom stereocenters. The van der Waals surface area contributed by atoms with Crippen molar-refractivity contribution in [1.29, 1.82) is 5.26 Å². The van der Waals surface area contributed by atoms with Crippen molar-refractivity contribution >= 4 is 5.69 Å². The molecule has 2 rings (SSSR count). The first-order valence-electron chi connectivity index (χ1n) is 7.38. The van der Waals surface area contributed by atoms with Crippen molar-refractivity contribution in [2.45, 2.75) is 32.7 Å². The van der Waals surface area contributed by atoms with Gasteiger partial charge in [0.2, 0.25) is 0 Å². The minimum Gasteiger partial charge on any atom is -0.365 e. The summed E-state index contributed by atoms with van der Waals surface area (Å²) in [5.41, 5.74) is -0.00589. The van der Waals surface area contributed by atoms with Crippen LogP contribution in [0.4, 0.5) is 14.5 Å². The third-order valence-electron chi connectivity index (χ3n) is 3.65. The topological polar surface area (TPSA) is 39.1 Å². The van der Waals surface area contributed by atoms with Crippen LogP contribution in [-0.4, -0.2) is 25.7 Å². The summed E-state index contributed by atoms with van der Waals surface area (Å²) in [7, 11) is 0. The van der Waals surface area contributed by atoms with Gasteiger partial charge < -0.3 is 10.2 Å². The molecule has 1 aromatic carbocycles. The highest BCUT2D eigenvalue weighted by Crippen LogP contribution is 2.26. The predicted molar refractivity (Wildman–Crippen MR) is 79.1 cm³/mol. The molecule has 0 aromatic heterocycles. The summed E-state index contributed by atoms with van der Waals surface area (Å²) < 4.78 is 28.4. The lowest BCUT2D eigenvalue weighted by molar-refractivity contribution is 0.512. The van der Waals surface area contributed by atoms with E-state index in [1.54, 1.807) is 11.0 Å². The Morgan fingerprint density at radius 3 is 2.52 bits per heavy atom. The van der Waals surface area contributed by atoms with Crippen LogP contribution in [0.15, 0.2) is 12.1 Å². The van der Waals surface area contributed by atoms with Gasteiger partial charge in [-0.3, -0.25) is 0 Å². The van der Waals surface area contributed by atoms with Crippen LogP contribution in [0.25, 0.3) is 0 Å². The molecule has 1 heterocycles. The van der Waals surface area contributed by atoms with E-state index < -0.39 is 11.6 Å². The van der Waals surface area contributed by atoms with Gasteiger partial charge in [-0.25, -0.2) is 8.78 Å². The van der Waals surface area contributed by atoms with E-state index in [1.807, 2.05) is 13.8 Å². The molecule has 1 aliphatic rings.